The maximum Gasteiger partial charge on any atom is 0.265 e. The third-order valence-corrected chi connectivity index (χ3v) is 3.96. The molecule has 2 rings (SSSR count). The van der Waals surface area contributed by atoms with Gasteiger partial charge in [0.25, 0.3) is 6.43 Å². The lowest BCUT2D eigenvalue weighted by molar-refractivity contribution is 0.153. The standard InChI is InChI=1S/C9H5BrF2S2/c10-6-2-1-4(9(11)12)8-5(6)3-7(13)14-8/h1-3,9,13H. The number of benzene rings is 1. The van der Waals surface area contributed by atoms with E-state index in [0.717, 1.165) is 14.1 Å². The number of halogens is 3. The summed E-state index contributed by atoms with van der Waals surface area (Å²) in [6.07, 6.45) is -2.43. The summed E-state index contributed by atoms with van der Waals surface area (Å²) in [5.74, 6) is 0. The second-order valence-corrected chi connectivity index (χ2v) is 5.46. The molecule has 0 saturated carbocycles. The van der Waals surface area contributed by atoms with Crippen LogP contribution in [-0.4, -0.2) is 0 Å². The molecule has 0 aliphatic carbocycles. The molecule has 0 aliphatic heterocycles. The Bertz CT molecular complexity index is 479. The monoisotopic (exact) mass is 294 g/mol. The van der Waals surface area contributed by atoms with Crippen LogP contribution in [0.2, 0.25) is 0 Å². The Hall–Kier alpha value is -0.130. The fourth-order valence-corrected chi connectivity index (χ4v) is 3.19. The SMILES string of the molecule is FC(F)c1ccc(Br)c2cc(S)sc12. The van der Waals surface area contributed by atoms with E-state index in [0.29, 0.717) is 4.70 Å². The van der Waals surface area contributed by atoms with Crippen LogP contribution in [0.25, 0.3) is 10.1 Å². The first-order chi connectivity index (χ1) is 6.59. The highest BCUT2D eigenvalue weighted by Crippen LogP contribution is 2.38. The molecule has 0 amide bonds. The maximum absolute atomic E-state index is 12.6. The van der Waals surface area contributed by atoms with Crippen LogP contribution < -0.4 is 0 Å². The normalized spacial score (nSPS) is 11.5. The van der Waals surface area contributed by atoms with Crippen molar-refractivity contribution in [2.75, 3.05) is 0 Å². The van der Waals surface area contributed by atoms with Crippen LogP contribution in [0.3, 0.4) is 0 Å². The van der Waals surface area contributed by atoms with E-state index in [-0.39, 0.29) is 5.56 Å². The minimum Gasteiger partial charge on any atom is -0.205 e. The number of thiol groups is 1. The number of alkyl halides is 2. The van der Waals surface area contributed by atoms with Crippen molar-refractivity contribution in [2.45, 2.75) is 10.6 Å². The first-order valence-electron chi connectivity index (χ1n) is 3.78. The molecule has 0 N–H and O–H groups in total. The average molecular weight is 295 g/mol. The first-order valence-corrected chi connectivity index (χ1v) is 5.84. The molecule has 0 fully saturated rings. The van der Waals surface area contributed by atoms with Gasteiger partial charge in [-0.25, -0.2) is 8.78 Å². The van der Waals surface area contributed by atoms with E-state index in [1.807, 2.05) is 0 Å². The van der Waals surface area contributed by atoms with E-state index in [2.05, 4.69) is 28.6 Å². The summed E-state index contributed by atoms with van der Waals surface area (Å²) in [4.78, 5) is 0. The van der Waals surface area contributed by atoms with Gasteiger partial charge >= 0.3 is 0 Å². The molecule has 5 heteroatoms. The zero-order valence-corrected chi connectivity index (χ0v) is 10.1. The Labute approximate surface area is 97.5 Å². The minimum atomic E-state index is -2.43. The molecule has 0 atom stereocenters. The van der Waals surface area contributed by atoms with Gasteiger partial charge in [-0.2, -0.15) is 0 Å². The van der Waals surface area contributed by atoms with Crippen LogP contribution in [0.15, 0.2) is 26.9 Å². The van der Waals surface area contributed by atoms with E-state index < -0.39 is 6.43 Å². The zero-order chi connectivity index (χ0) is 10.3. The quantitative estimate of drug-likeness (QED) is 0.711. The Kier molecular flexibility index (Phi) is 2.81. The largest absolute Gasteiger partial charge is 0.265 e. The van der Waals surface area contributed by atoms with Crippen molar-refractivity contribution in [1.29, 1.82) is 0 Å². The van der Waals surface area contributed by atoms with Crippen LogP contribution >= 0.6 is 39.9 Å². The van der Waals surface area contributed by atoms with Gasteiger partial charge in [0.15, 0.2) is 0 Å². The second kappa shape index (κ2) is 3.79. The molecule has 74 valence electrons. The van der Waals surface area contributed by atoms with Crippen molar-refractivity contribution in [3.05, 3.63) is 28.2 Å². The Balaban J connectivity index is 2.81. The molecular formula is C9H5BrF2S2. The van der Waals surface area contributed by atoms with Gasteiger partial charge in [0, 0.05) is 20.1 Å². The molecule has 1 heterocycles. The molecular weight excluding hydrogens is 290 g/mol. The molecule has 0 nitrogen and oxygen atoms in total. The van der Waals surface area contributed by atoms with Crippen LogP contribution in [0.4, 0.5) is 8.78 Å². The van der Waals surface area contributed by atoms with Gasteiger partial charge in [-0.05, 0) is 12.1 Å². The van der Waals surface area contributed by atoms with E-state index in [9.17, 15) is 8.78 Å². The Morgan fingerprint density at radius 1 is 1.36 bits per heavy atom. The Morgan fingerprint density at radius 3 is 2.71 bits per heavy atom. The predicted octanol–water partition coefficient (Wildman–Crippen LogP) is 4.89. The van der Waals surface area contributed by atoms with Gasteiger partial charge in [-0.3, -0.25) is 0 Å². The molecule has 0 bridgehead atoms. The highest BCUT2D eigenvalue weighted by molar-refractivity contribution is 9.10. The lowest BCUT2D eigenvalue weighted by Crippen LogP contribution is -1.83. The molecule has 2 aromatic rings. The highest BCUT2D eigenvalue weighted by Gasteiger charge is 2.14. The summed E-state index contributed by atoms with van der Waals surface area (Å²) in [5.41, 5.74) is 0.0773. The fourth-order valence-electron chi connectivity index (χ4n) is 1.27. The summed E-state index contributed by atoms with van der Waals surface area (Å²) in [6.45, 7) is 0. The van der Waals surface area contributed by atoms with Gasteiger partial charge in [0.05, 0.1) is 4.21 Å². The number of hydrogen-bond donors (Lipinski definition) is 1. The average Bonchev–Trinajstić information content (AvgIpc) is 2.47. The van der Waals surface area contributed by atoms with Gasteiger partial charge in [-0.15, -0.1) is 24.0 Å². The molecule has 14 heavy (non-hydrogen) atoms. The van der Waals surface area contributed by atoms with Crippen molar-refractivity contribution in [3.63, 3.8) is 0 Å². The molecule has 0 radical (unpaired) electrons. The molecule has 1 aromatic heterocycles. The predicted molar refractivity (Wildman–Crippen MR) is 61.7 cm³/mol. The van der Waals surface area contributed by atoms with E-state index in [4.69, 9.17) is 0 Å². The van der Waals surface area contributed by atoms with Gasteiger partial charge < -0.3 is 0 Å². The van der Waals surface area contributed by atoms with Crippen molar-refractivity contribution in [1.82, 2.24) is 0 Å². The van der Waals surface area contributed by atoms with Crippen molar-refractivity contribution in [2.24, 2.45) is 0 Å². The number of rotatable bonds is 1. The lowest BCUT2D eigenvalue weighted by atomic mass is 10.2. The van der Waals surface area contributed by atoms with Crippen LogP contribution in [0, 0.1) is 0 Å². The molecule has 0 unspecified atom stereocenters. The van der Waals surface area contributed by atoms with Gasteiger partial charge in [0.1, 0.15) is 0 Å². The lowest BCUT2D eigenvalue weighted by Gasteiger charge is -2.01. The summed E-state index contributed by atoms with van der Waals surface area (Å²) < 4.78 is 27.4. The fraction of sp³-hybridized carbons (Fsp3) is 0.111. The van der Waals surface area contributed by atoms with Crippen molar-refractivity contribution in [3.8, 4) is 0 Å². The molecule has 0 saturated heterocycles. The van der Waals surface area contributed by atoms with Crippen molar-refractivity contribution < 1.29 is 8.78 Å². The summed E-state index contributed by atoms with van der Waals surface area (Å²) in [5, 5.41) is 0.804. The number of fused-ring (bicyclic) bond motifs is 1. The van der Waals surface area contributed by atoms with E-state index in [1.54, 1.807) is 12.1 Å². The summed E-state index contributed by atoms with van der Waals surface area (Å²) >= 11 is 8.76. The smallest absolute Gasteiger partial charge is 0.205 e. The molecule has 1 aromatic carbocycles. The minimum absolute atomic E-state index is 0.0773. The second-order valence-electron chi connectivity index (χ2n) is 2.76. The number of thiophene rings is 1. The third-order valence-electron chi connectivity index (χ3n) is 1.88. The van der Waals surface area contributed by atoms with Gasteiger partial charge in [0.2, 0.25) is 0 Å². The zero-order valence-electron chi connectivity index (χ0n) is 6.80. The van der Waals surface area contributed by atoms with E-state index >= 15 is 0 Å². The highest BCUT2D eigenvalue weighted by atomic mass is 79.9. The van der Waals surface area contributed by atoms with Gasteiger partial charge in [-0.1, -0.05) is 22.0 Å². The summed E-state index contributed by atoms with van der Waals surface area (Å²) in [7, 11) is 0. The Morgan fingerprint density at radius 2 is 2.07 bits per heavy atom. The summed E-state index contributed by atoms with van der Waals surface area (Å²) in [6, 6.07) is 4.88. The topological polar surface area (TPSA) is 0 Å². The van der Waals surface area contributed by atoms with E-state index in [1.165, 1.54) is 17.4 Å². The van der Waals surface area contributed by atoms with Crippen LogP contribution in [0.1, 0.15) is 12.0 Å². The first kappa shape index (κ1) is 10.4. The third kappa shape index (κ3) is 1.68. The number of hydrogen-bond acceptors (Lipinski definition) is 2. The molecule has 0 spiro atoms. The van der Waals surface area contributed by atoms with Crippen molar-refractivity contribution >= 4 is 50.0 Å². The maximum atomic E-state index is 12.6. The van der Waals surface area contributed by atoms with Crippen LogP contribution in [-0.2, 0) is 0 Å². The van der Waals surface area contributed by atoms with Crippen LogP contribution in [0.5, 0.6) is 0 Å². The molecule has 0 aliphatic rings.